The van der Waals surface area contributed by atoms with E-state index in [1.807, 2.05) is 12.3 Å². The van der Waals surface area contributed by atoms with Crippen LogP contribution in [0.25, 0.3) is 0 Å². The fourth-order valence-corrected chi connectivity index (χ4v) is 3.71. The molecule has 1 fully saturated rings. The van der Waals surface area contributed by atoms with Gasteiger partial charge in [-0.25, -0.2) is 0 Å². The van der Waals surface area contributed by atoms with Gasteiger partial charge in [0.1, 0.15) is 0 Å². The second-order valence-corrected chi connectivity index (χ2v) is 6.11. The highest BCUT2D eigenvalue weighted by Crippen LogP contribution is 2.44. The standard InChI is InChI=1S/C15H23N3/c1-11(2)18-8-5-15(6-9-18)13(16)10-12-4-3-7-17-14(12)15/h3-4,7,11,13H,5-6,8-10,16H2,1-2H3/t13-/m1/s1. The zero-order valence-electron chi connectivity index (χ0n) is 11.4. The Morgan fingerprint density at radius 1 is 1.39 bits per heavy atom. The van der Waals surface area contributed by atoms with Crippen LogP contribution in [0.2, 0.25) is 0 Å². The van der Waals surface area contributed by atoms with Crippen LogP contribution in [-0.4, -0.2) is 35.1 Å². The van der Waals surface area contributed by atoms with E-state index in [2.05, 4.69) is 29.8 Å². The lowest BCUT2D eigenvalue weighted by atomic mass is 9.73. The van der Waals surface area contributed by atoms with Crippen molar-refractivity contribution >= 4 is 0 Å². The van der Waals surface area contributed by atoms with Crippen molar-refractivity contribution in [2.24, 2.45) is 5.73 Å². The van der Waals surface area contributed by atoms with Crippen LogP contribution in [0, 0.1) is 0 Å². The molecule has 1 aliphatic carbocycles. The van der Waals surface area contributed by atoms with Gasteiger partial charge < -0.3 is 10.6 Å². The van der Waals surface area contributed by atoms with Gasteiger partial charge in [-0.1, -0.05) is 6.07 Å². The SMILES string of the molecule is CC(C)N1CCC2(CC1)c1ncccc1C[C@H]2N. The first-order valence-electron chi connectivity index (χ1n) is 7.07. The number of hydrogen-bond donors (Lipinski definition) is 1. The summed E-state index contributed by atoms with van der Waals surface area (Å²) in [4.78, 5) is 7.21. The van der Waals surface area contributed by atoms with Crippen molar-refractivity contribution in [3.05, 3.63) is 29.6 Å². The molecular formula is C15H23N3. The average Bonchev–Trinajstić information content (AvgIpc) is 2.64. The summed E-state index contributed by atoms with van der Waals surface area (Å²) in [6.07, 6.45) is 5.25. The van der Waals surface area contributed by atoms with Crippen LogP contribution in [0.1, 0.15) is 37.9 Å². The summed E-state index contributed by atoms with van der Waals surface area (Å²) in [5.74, 6) is 0. The third-order valence-corrected chi connectivity index (χ3v) is 4.93. The Kier molecular flexibility index (Phi) is 2.91. The Bertz CT molecular complexity index is 433. The number of fused-ring (bicyclic) bond motifs is 2. The molecule has 1 aromatic heterocycles. The van der Waals surface area contributed by atoms with Crippen molar-refractivity contribution in [2.45, 2.75) is 50.6 Å². The van der Waals surface area contributed by atoms with Gasteiger partial charge in [-0.05, 0) is 57.8 Å². The molecule has 3 nitrogen and oxygen atoms in total. The predicted molar refractivity (Wildman–Crippen MR) is 73.5 cm³/mol. The molecule has 1 atom stereocenters. The quantitative estimate of drug-likeness (QED) is 0.819. The Labute approximate surface area is 109 Å². The highest BCUT2D eigenvalue weighted by Gasteiger charge is 2.47. The molecule has 2 heterocycles. The molecule has 1 aromatic rings. The Hall–Kier alpha value is -0.930. The molecule has 0 aromatic carbocycles. The van der Waals surface area contributed by atoms with Crippen molar-refractivity contribution in [1.82, 2.24) is 9.88 Å². The van der Waals surface area contributed by atoms with Crippen molar-refractivity contribution in [2.75, 3.05) is 13.1 Å². The van der Waals surface area contributed by atoms with E-state index in [9.17, 15) is 0 Å². The van der Waals surface area contributed by atoms with Crippen LogP contribution >= 0.6 is 0 Å². The van der Waals surface area contributed by atoms with Crippen LogP contribution in [0.5, 0.6) is 0 Å². The third-order valence-electron chi connectivity index (χ3n) is 4.93. The lowest BCUT2D eigenvalue weighted by Gasteiger charge is -2.43. The Morgan fingerprint density at radius 3 is 2.78 bits per heavy atom. The molecule has 1 aliphatic heterocycles. The molecule has 0 saturated carbocycles. The zero-order chi connectivity index (χ0) is 12.8. The van der Waals surface area contributed by atoms with E-state index in [0.29, 0.717) is 6.04 Å². The average molecular weight is 245 g/mol. The number of rotatable bonds is 1. The van der Waals surface area contributed by atoms with Crippen LogP contribution < -0.4 is 5.73 Å². The van der Waals surface area contributed by atoms with E-state index in [1.54, 1.807) is 0 Å². The van der Waals surface area contributed by atoms with Crippen LogP contribution in [-0.2, 0) is 11.8 Å². The summed E-state index contributed by atoms with van der Waals surface area (Å²) in [6, 6.07) is 5.14. The minimum absolute atomic E-state index is 0.155. The largest absolute Gasteiger partial charge is 0.327 e. The first-order chi connectivity index (χ1) is 8.63. The number of aromatic nitrogens is 1. The molecule has 0 radical (unpaired) electrons. The van der Waals surface area contributed by atoms with E-state index in [0.717, 1.165) is 32.4 Å². The molecule has 0 amide bonds. The summed E-state index contributed by atoms with van der Waals surface area (Å²) in [5, 5.41) is 0. The van der Waals surface area contributed by atoms with Crippen LogP contribution in [0.4, 0.5) is 0 Å². The maximum Gasteiger partial charge on any atom is 0.0514 e. The van der Waals surface area contributed by atoms with Gasteiger partial charge in [0.15, 0.2) is 0 Å². The fraction of sp³-hybridized carbons (Fsp3) is 0.667. The second-order valence-electron chi connectivity index (χ2n) is 6.11. The van der Waals surface area contributed by atoms with Gasteiger partial charge in [0.2, 0.25) is 0 Å². The van der Waals surface area contributed by atoms with Gasteiger partial charge in [-0.3, -0.25) is 4.98 Å². The van der Waals surface area contributed by atoms with Gasteiger partial charge >= 0.3 is 0 Å². The van der Waals surface area contributed by atoms with Crippen molar-refractivity contribution in [1.29, 1.82) is 0 Å². The monoisotopic (exact) mass is 245 g/mol. The van der Waals surface area contributed by atoms with Gasteiger partial charge in [0.05, 0.1) is 5.69 Å². The second kappa shape index (κ2) is 4.32. The topological polar surface area (TPSA) is 42.2 Å². The van der Waals surface area contributed by atoms with E-state index in [1.165, 1.54) is 11.3 Å². The summed E-state index contributed by atoms with van der Waals surface area (Å²) >= 11 is 0. The van der Waals surface area contributed by atoms with E-state index >= 15 is 0 Å². The van der Waals surface area contributed by atoms with E-state index < -0.39 is 0 Å². The van der Waals surface area contributed by atoms with E-state index in [-0.39, 0.29) is 11.5 Å². The van der Waals surface area contributed by atoms with E-state index in [4.69, 9.17) is 5.73 Å². The number of hydrogen-bond acceptors (Lipinski definition) is 3. The molecule has 2 N–H and O–H groups in total. The normalized spacial score (nSPS) is 26.8. The lowest BCUT2D eigenvalue weighted by molar-refractivity contribution is 0.118. The lowest BCUT2D eigenvalue weighted by Crippen LogP contribution is -2.52. The summed E-state index contributed by atoms with van der Waals surface area (Å²) in [6.45, 7) is 6.86. The number of nitrogens with zero attached hydrogens (tertiary/aromatic N) is 2. The number of piperidine rings is 1. The molecule has 2 aliphatic rings. The maximum atomic E-state index is 6.46. The molecule has 18 heavy (non-hydrogen) atoms. The highest BCUT2D eigenvalue weighted by atomic mass is 15.2. The summed E-state index contributed by atoms with van der Waals surface area (Å²) in [7, 11) is 0. The molecule has 0 bridgehead atoms. The molecule has 1 spiro atoms. The molecule has 1 saturated heterocycles. The molecular weight excluding hydrogens is 222 g/mol. The maximum absolute atomic E-state index is 6.46. The molecule has 0 unspecified atom stereocenters. The fourth-order valence-electron chi connectivity index (χ4n) is 3.71. The molecule has 3 rings (SSSR count). The van der Waals surface area contributed by atoms with Gasteiger partial charge in [0, 0.05) is 23.7 Å². The van der Waals surface area contributed by atoms with Crippen molar-refractivity contribution in [3.63, 3.8) is 0 Å². The van der Waals surface area contributed by atoms with Crippen molar-refractivity contribution < 1.29 is 0 Å². The minimum atomic E-state index is 0.155. The Morgan fingerprint density at radius 2 is 2.11 bits per heavy atom. The third kappa shape index (κ3) is 1.69. The highest BCUT2D eigenvalue weighted by molar-refractivity contribution is 5.37. The smallest absolute Gasteiger partial charge is 0.0514 e. The first-order valence-corrected chi connectivity index (χ1v) is 7.07. The number of likely N-dealkylation sites (tertiary alicyclic amines) is 1. The van der Waals surface area contributed by atoms with Gasteiger partial charge in [-0.15, -0.1) is 0 Å². The first kappa shape index (κ1) is 12.1. The number of pyridine rings is 1. The molecule has 3 heteroatoms. The summed E-state index contributed by atoms with van der Waals surface area (Å²) < 4.78 is 0. The zero-order valence-corrected chi connectivity index (χ0v) is 11.4. The Balaban J connectivity index is 1.88. The van der Waals surface area contributed by atoms with Crippen LogP contribution in [0.15, 0.2) is 18.3 Å². The van der Waals surface area contributed by atoms with Gasteiger partial charge in [0.25, 0.3) is 0 Å². The molecule has 98 valence electrons. The predicted octanol–water partition coefficient (Wildman–Crippen LogP) is 1.71. The van der Waals surface area contributed by atoms with Gasteiger partial charge in [-0.2, -0.15) is 0 Å². The summed E-state index contributed by atoms with van der Waals surface area (Å²) in [5.41, 5.74) is 9.28. The van der Waals surface area contributed by atoms with Crippen LogP contribution in [0.3, 0.4) is 0 Å². The van der Waals surface area contributed by atoms with Crippen molar-refractivity contribution in [3.8, 4) is 0 Å². The minimum Gasteiger partial charge on any atom is -0.327 e. The number of nitrogens with two attached hydrogens (primary N) is 1.